The molecule has 3 aromatic rings. The van der Waals surface area contributed by atoms with Crippen molar-refractivity contribution in [2.75, 3.05) is 0 Å². The lowest BCUT2D eigenvalue weighted by atomic mass is 10.1. The van der Waals surface area contributed by atoms with Crippen molar-refractivity contribution in [3.05, 3.63) is 82.6 Å². The summed E-state index contributed by atoms with van der Waals surface area (Å²) in [5, 5.41) is 4.96. The third-order valence-corrected chi connectivity index (χ3v) is 4.57. The van der Waals surface area contributed by atoms with E-state index in [1.54, 1.807) is 42.8 Å². The van der Waals surface area contributed by atoms with Crippen molar-refractivity contribution in [1.29, 1.82) is 0 Å². The van der Waals surface area contributed by atoms with Crippen LogP contribution in [0.15, 0.2) is 66.3 Å². The standard InChI is InChI=1S/C19H17FN2O2S/c1-13(24-16-5-2-4-15(20)12-16)19(23)22-18(17-6-3-11-25-17)14-7-9-21-10-8-14/h2-13,18H,1H3,(H,22,23). The predicted octanol–water partition coefficient (Wildman–Crippen LogP) is 3.96. The van der Waals surface area contributed by atoms with Gasteiger partial charge in [0.1, 0.15) is 11.6 Å². The number of nitrogens with one attached hydrogen (secondary N) is 1. The van der Waals surface area contributed by atoms with Gasteiger partial charge in [0.25, 0.3) is 5.91 Å². The molecule has 1 N–H and O–H groups in total. The van der Waals surface area contributed by atoms with Crippen LogP contribution in [0.3, 0.4) is 0 Å². The summed E-state index contributed by atoms with van der Waals surface area (Å²) >= 11 is 1.56. The summed E-state index contributed by atoms with van der Waals surface area (Å²) in [6.07, 6.45) is 2.62. The van der Waals surface area contributed by atoms with E-state index in [0.717, 1.165) is 10.4 Å². The number of ether oxygens (including phenoxy) is 1. The molecule has 0 aliphatic rings. The van der Waals surface area contributed by atoms with E-state index in [4.69, 9.17) is 4.74 Å². The number of hydrogen-bond donors (Lipinski definition) is 1. The number of halogens is 1. The zero-order valence-electron chi connectivity index (χ0n) is 13.6. The summed E-state index contributed by atoms with van der Waals surface area (Å²) in [4.78, 5) is 17.6. The van der Waals surface area contributed by atoms with Gasteiger partial charge in [-0.1, -0.05) is 12.1 Å². The van der Waals surface area contributed by atoms with Crippen LogP contribution in [0.1, 0.15) is 23.4 Å². The highest BCUT2D eigenvalue weighted by molar-refractivity contribution is 7.10. The Balaban J connectivity index is 1.74. The molecule has 0 bridgehead atoms. The Morgan fingerprint density at radius 3 is 2.68 bits per heavy atom. The number of rotatable bonds is 6. The molecule has 1 amide bonds. The first-order valence-electron chi connectivity index (χ1n) is 7.79. The molecule has 6 heteroatoms. The van der Waals surface area contributed by atoms with Gasteiger partial charge in [0.05, 0.1) is 6.04 Å². The van der Waals surface area contributed by atoms with Crippen molar-refractivity contribution in [2.45, 2.75) is 19.1 Å². The number of benzene rings is 1. The summed E-state index contributed by atoms with van der Waals surface area (Å²) in [6.45, 7) is 1.64. The fourth-order valence-electron chi connectivity index (χ4n) is 2.39. The quantitative estimate of drug-likeness (QED) is 0.727. The van der Waals surface area contributed by atoms with E-state index in [1.807, 2.05) is 29.6 Å². The van der Waals surface area contributed by atoms with Gasteiger partial charge in [-0.15, -0.1) is 11.3 Å². The average Bonchev–Trinajstić information content (AvgIpc) is 3.14. The predicted molar refractivity (Wildman–Crippen MR) is 95.0 cm³/mol. The van der Waals surface area contributed by atoms with Crippen LogP contribution in [-0.2, 0) is 4.79 Å². The Morgan fingerprint density at radius 1 is 1.20 bits per heavy atom. The number of thiophene rings is 1. The Kier molecular flexibility index (Phi) is 5.40. The summed E-state index contributed by atoms with van der Waals surface area (Å²) in [5.41, 5.74) is 0.934. The van der Waals surface area contributed by atoms with Crippen LogP contribution in [0.25, 0.3) is 0 Å². The van der Waals surface area contributed by atoms with Crippen molar-refractivity contribution in [1.82, 2.24) is 10.3 Å². The van der Waals surface area contributed by atoms with Crippen LogP contribution in [0.4, 0.5) is 4.39 Å². The number of nitrogens with zero attached hydrogens (tertiary/aromatic N) is 1. The van der Waals surface area contributed by atoms with Gasteiger partial charge in [0.15, 0.2) is 6.10 Å². The van der Waals surface area contributed by atoms with Gasteiger partial charge >= 0.3 is 0 Å². The van der Waals surface area contributed by atoms with Crippen LogP contribution in [0.5, 0.6) is 5.75 Å². The highest BCUT2D eigenvalue weighted by atomic mass is 32.1. The Labute approximate surface area is 149 Å². The highest BCUT2D eigenvalue weighted by Crippen LogP contribution is 2.26. The molecular formula is C19H17FN2O2S. The first-order chi connectivity index (χ1) is 12.1. The number of carbonyl (C=O) groups excluding carboxylic acids is 1. The molecule has 0 saturated carbocycles. The first-order valence-corrected chi connectivity index (χ1v) is 8.67. The second-order valence-corrected chi connectivity index (χ2v) is 6.43. The fraction of sp³-hybridized carbons (Fsp3) is 0.158. The number of hydrogen-bond acceptors (Lipinski definition) is 4. The van der Waals surface area contributed by atoms with Crippen LogP contribution < -0.4 is 10.1 Å². The molecule has 0 aliphatic carbocycles. The zero-order valence-corrected chi connectivity index (χ0v) is 14.4. The molecule has 1 aromatic carbocycles. The molecule has 128 valence electrons. The van der Waals surface area contributed by atoms with Gasteiger partial charge in [0, 0.05) is 23.3 Å². The molecule has 0 fully saturated rings. The van der Waals surface area contributed by atoms with Crippen molar-refractivity contribution >= 4 is 17.2 Å². The largest absolute Gasteiger partial charge is 0.481 e. The number of amides is 1. The zero-order chi connectivity index (χ0) is 17.6. The van der Waals surface area contributed by atoms with Gasteiger partial charge in [-0.05, 0) is 48.2 Å². The smallest absolute Gasteiger partial charge is 0.261 e. The van der Waals surface area contributed by atoms with Gasteiger partial charge in [-0.3, -0.25) is 9.78 Å². The SMILES string of the molecule is CC(Oc1cccc(F)c1)C(=O)NC(c1ccncc1)c1cccs1. The molecule has 0 radical (unpaired) electrons. The lowest BCUT2D eigenvalue weighted by molar-refractivity contribution is -0.127. The van der Waals surface area contributed by atoms with Crippen LogP contribution >= 0.6 is 11.3 Å². The average molecular weight is 356 g/mol. The maximum Gasteiger partial charge on any atom is 0.261 e. The molecule has 25 heavy (non-hydrogen) atoms. The maximum absolute atomic E-state index is 13.3. The van der Waals surface area contributed by atoms with Crippen molar-refractivity contribution in [2.24, 2.45) is 0 Å². The molecule has 2 atom stereocenters. The minimum Gasteiger partial charge on any atom is -0.481 e. The third kappa shape index (κ3) is 4.42. The molecule has 3 rings (SSSR count). The van der Waals surface area contributed by atoms with Gasteiger partial charge in [-0.2, -0.15) is 0 Å². The number of carbonyl (C=O) groups is 1. The van der Waals surface area contributed by atoms with E-state index < -0.39 is 11.9 Å². The Bertz CT molecular complexity index is 824. The lowest BCUT2D eigenvalue weighted by Crippen LogP contribution is -2.38. The Morgan fingerprint density at radius 2 is 2.00 bits per heavy atom. The van der Waals surface area contributed by atoms with Gasteiger partial charge < -0.3 is 10.1 Å². The Hall–Kier alpha value is -2.73. The molecule has 2 heterocycles. The summed E-state index contributed by atoms with van der Waals surface area (Å²) in [7, 11) is 0. The van der Waals surface area contributed by atoms with E-state index in [-0.39, 0.29) is 11.9 Å². The van der Waals surface area contributed by atoms with E-state index >= 15 is 0 Å². The molecular weight excluding hydrogens is 339 g/mol. The molecule has 2 aromatic heterocycles. The summed E-state index contributed by atoms with van der Waals surface area (Å²) in [6, 6.07) is 13.1. The van der Waals surface area contributed by atoms with Gasteiger partial charge in [0.2, 0.25) is 0 Å². The van der Waals surface area contributed by atoms with E-state index in [0.29, 0.717) is 5.75 Å². The fourth-order valence-corrected chi connectivity index (χ4v) is 3.19. The van der Waals surface area contributed by atoms with Crippen LogP contribution in [-0.4, -0.2) is 17.0 Å². The molecule has 0 saturated heterocycles. The first kappa shape index (κ1) is 17.1. The van der Waals surface area contributed by atoms with Crippen molar-refractivity contribution in [3.8, 4) is 5.75 Å². The second-order valence-electron chi connectivity index (χ2n) is 5.46. The third-order valence-electron chi connectivity index (χ3n) is 3.63. The molecule has 4 nitrogen and oxygen atoms in total. The van der Waals surface area contributed by atoms with E-state index in [2.05, 4.69) is 10.3 Å². The van der Waals surface area contributed by atoms with E-state index in [9.17, 15) is 9.18 Å². The lowest BCUT2D eigenvalue weighted by Gasteiger charge is -2.21. The number of aromatic nitrogens is 1. The molecule has 0 spiro atoms. The van der Waals surface area contributed by atoms with Gasteiger partial charge in [-0.25, -0.2) is 4.39 Å². The summed E-state index contributed by atoms with van der Waals surface area (Å²) in [5.74, 6) is -0.364. The monoisotopic (exact) mass is 356 g/mol. The molecule has 0 aliphatic heterocycles. The maximum atomic E-state index is 13.3. The highest BCUT2D eigenvalue weighted by Gasteiger charge is 2.22. The van der Waals surface area contributed by atoms with Crippen LogP contribution in [0.2, 0.25) is 0 Å². The normalized spacial score (nSPS) is 13.0. The van der Waals surface area contributed by atoms with Crippen LogP contribution in [0, 0.1) is 5.82 Å². The number of pyridine rings is 1. The molecule has 2 unspecified atom stereocenters. The summed E-state index contributed by atoms with van der Waals surface area (Å²) < 4.78 is 18.8. The topological polar surface area (TPSA) is 51.2 Å². The van der Waals surface area contributed by atoms with Crippen molar-refractivity contribution < 1.29 is 13.9 Å². The van der Waals surface area contributed by atoms with Crippen molar-refractivity contribution in [3.63, 3.8) is 0 Å². The second kappa shape index (κ2) is 7.90. The minimum atomic E-state index is -0.758. The van der Waals surface area contributed by atoms with E-state index in [1.165, 1.54) is 12.1 Å². The minimum absolute atomic E-state index is 0.278.